The molecule has 0 aliphatic heterocycles. The number of carbonyl (C=O) groups is 2. The first kappa shape index (κ1) is 15.7. The van der Waals surface area contributed by atoms with E-state index in [1.165, 1.54) is 11.3 Å². The van der Waals surface area contributed by atoms with Gasteiger partial charge in [0.1, 0.15) is 15.9 Å². The lowest BCUT2D eigenvalue weighted by molar-refractivity contribution is -0.139. The molecule has 0 aliphatic carbocycles. The van der Waals surface area contributed by atoms with Crippen molar-refractivity contribution in [3.8, 4) is 9.88 Å². The number of aryl methyl sites for hydroxylation is 1. The van der Waals surface area contributed by atoms with E-state index in [-0.39, 0.29) is 5.91 Å². The largest absolute Gasteiger partial charge is 0.480 e. The number of aromatic nitrogens is 1. The highest BCUT2D eigenvalue weighted by Crippen LogP contribution is 2.31. The van der Waals surface area contributed by atoms with E-state index in [1.807, 2.05) is 24.4 Å². The van der Waals surface area contributed by atoms with Crippen molar-refractivity contribution in [1.29, 1.82) is 0 Å². The first-order chi connectivity index (χ1) is 10.0. The summed E-state index contributed by atoms with van der Waals surface area (Å²) in [4.78, 5) is 29.2. The average Bonchev–Trinajstić information content (AvgIpc) is 3.06. The molecule has 0 aromatic carbocycles. The molecule has 2 rings (SSSR count). The smallest absolute Gasteiger partial charge is 0.326 e. The number of hydrogen-bond acceptors (Lipinski definition) is 5. The van der Waals surface area contributed by atoms with Gasteiger partial charge in [0.15, 0.2) is 0 Å². The Morgan fingerprint density at radius 1 is 1.48 bits per heavy atom. The molecule has 112 valence electrons. The molecule has 2 aromatic heterocycles. The Kier molecular flexibility index (Phi) is 5.08. The van der Waals surface area contributed by atoms with Crippen molar-refractivity contribution in [2.45, 2.75) is 32.7 Å². The minimum atomic E-state index is -1.01. The van der Waals surface area contributed by atoms with Gasteiger partial charge in [0.2, 0.25) is 0 Å². The van der Waals surface area contributed by atoms with Gasteiger partial charge in [-0.2, -0.15) is 0 Å². The monoisotopic (exact) mass is 324 g/mol. The molecule has 21 heavy (non-hydrogen) atoms. The zero-order valence-electron chi connectivity index (χ0n) is 11.8. The molecule has 2 N–H and O–H groups in total. The lowest BCUT2D eigenvalue weighted by atomic mass is 10.1. The number of thiophene rings is 1. The summed E-state index contributed by atoms with van der Waals surface area (Å²) in [6, 6.07) is 3.02. The molecule has 0 spiro atoms. The van der Waals surface area contributed by atoms with Crippen LogP contribution in [0.2, 0.25) is 0 Å². The number of thiazole rings is 1. The van der Waals surface area contributed by atoms with Crippen molar-refractivity contribution in [2.75, 3.05) is 0 Å². The Labute approximate surface area is 130 Å². The van der Waals surface area contributed by atoms with Crippen LogP contribution in [0, 0.1) is 6.92 Å². The Balaban J connectivity index is 2.18. The quantitative estimate of drug-likeness (QED) is 0.855. The summed E-state index contributed by atoms with van der Waals surface area (Å²) < 4.78 is 0. The predicted octanol–water partition coefficient (Wildman–Crippen LogP) is 3.16. The SMILES string of the molecule is CCCC(NC(=O)c1sc(-c2cccs2)nc1C)C(=O)O. The molecule has 0 saturated carbocycles. The van der Waals surface area contributed by atoms with Crippen LogP contribution in [0.25, 0.3) is 9.88 Å². The molecular weight excluding hydrogens is 308 g/mol. The summed E-state index contributed by atoms with van der Waals surface area (Å²) in [5.41, 5.74) is 0.626. The standard InChI is InChI=1S/C14H16N2O3S2/c1-3-5-9(14(18)19)16-12(17)11-8(2)15-13(21-11)10-6-4-7-20-10/h4,6-7,9H,3,5H2,1-2H3,(H,16,17)(H,18,19). The molecule has 0 radical (unpaired) electrons. The number of amides is 1. The predicted molar refractivity (Wildman–Crippen MR) is 84.0 cm³/mol. The highest BCUT2D eigenvalue weighted by Gasteiger charge is 2.23. The van der Waals surface area contributed by atoms with Crippen LogP contribution in [-0.4, -0.2) is 28.0 Å². The molecule has 0 fully saturated rings. The van der Waals surface area contributed by atoms with Crippen LogP contribution in [0.15, 0.2) is 17.5 Å². The van der Waals surface area contributed by atoms with E-state index in [1.54, 1.807) is 18.3 Å². The van der Waals surface area contributed by atoms with Gasteiger partial charge >= 0.3 is 5.97 Å². The molecule has 5 nitrogen and oxygen atoms in total. The fourth-order valence-electron chi connectivity index (χ4n) is 1.88. The van der Waals surface area contributed by atoms with E-state index >= 15 is 0 Å². The second-order valence-electron chi connectivity index (χ2n) is 4.56. The highest BCUT2D eigenvalue weighted by molar-refractivity contribution is 7.22. The van der Waals surface area contributed by atoms with Crippen LogP contribution in [-0.2, 0) is 4.79 Å². The van der Waals surface area contributed by atoms with E-state index in [9.17, 15) is 9.59 Å². The summed E-state index contributed by atoms with van der Waals surface area (Å²) in [5.74, 6) is -1.38. The molecule has 0 bridgehead atoms. The number of carbonyl (C=O) groups excluding carboxylic acids is 1. The molecule has 0 aliphatic rings. The molecule has 2 heterocycles. The van der Waals surface area contributed by atoms with E-state index in [0.29, 0.717) is 23.4 Å². The lowest BCUT2D eigenvalue weighted by Crippen LogP contribution is -2.40. The minimum Gasteiger partial charge on any atom is -0.480 e. The molecule has 1 atom stereocenters. The maximum absolute atomic E-state index is 12.2. The normalized spacial score (nSPS) is 12.1. The van der Waals surface area contributed by atoms with E-state index in [2.05, 4.69) is 10.3 Å². The zero-order chi connectivity index (χ0) is 15.4. The van der Waals surface area contributed by atoms with Crippen LogP contribution in [0.1, 0.15) is 35.1 Å². The third-order valence-corrected chi connectivity index (χ3v) is 5.11. The van der Waals surface area contributed by atoms with Crippen molar-refractivity contribution in [1.82, 2.24) is 10.3 Å². The molecule has 2 aromatic rings. The lowest BCUT2D eigenvalue weighted by Gasteiger charge is -2.12. The second kappa shape index (κ2) is 6.82. The number of nitrogens with zero attached hydrogens (tertiary/aromatic N) is 1. The van der Waals surface area contributed by atoms with Crippen molar-refractivity contribution in [3.63, 3.8) is 0 Å². The Hall–Kier alpha value is -1.73. The number of carboxylic acid groups (broad SMARTS) is 1. The minimum absolute atomic E-state index is 0.367. The topological polar surface area (TPSA) is 79.3 Å². The molecule has 7 heteroatoms. The summed E-state index contributed by atoms with van der Waals surface area (Å²) >= 11 is 2.85. The van der Waals surface area contributed by atoms with E-state index < -0.39 is 12.0 Å². The fourth-order valence-corrected chi connectivity index (χ4v) is 3.65. The number of rotatable bonds is 6. The summed E-state index contributed by atoms with van der Waals surface area (Å²) in [7, 11) is 0. The van der Waals surface area contributed by atoms with Crippen LogP contribution in [0.4, 0.5) is 0 Å². The van der Waals surface area contributed by atoms with Gasteiger partial charge in [-0.05, 0) is 24.8 Å². The fraction of sp³-hybridized carbons (Fsp3) is 0.357. The van der Waals surface area contributed by atoms with Gasteiger partial charge < -0.3 is 10.4 Å². The van der Waals surface area contributed by atoms with Crippen LogP contribution in [0.5, 0.6) is 0 Å². The number of carboxylic acids is 1. The Morgan fingerprint density at radius 3 is 2.81 bits per heavy atom. The Bertz CT molecular complexity index is 635. The third kappa shape index (κ3) is 3.68. The third-order valence-electron chi connectivity index (χ3n) is 2.92. The number of nitrogens with one attached hydrogen (secondary N) is 1. The molecule has 0 saturated heterocycles. The maximum atomic E-state index is 12.2. The van der Waals surface area contributed by atoms with Gasteiger partial charge in [-0.25, -0.2) is 9.78 Å². The first-order valence-corrected chi connectivity index (χ1v) is 8.27. The molecule has 1 amide bonds. The van der Waals surface area contributed by atoms with E-state index in [4.69, 9.17) is 5.11 Å². The van der Waals surface area contributed by atoms with Gasteiger partial charge in [-0.15, -0.1) is 22.7 Å². The van der Waals surface area contributed by atoms with Crippen LogP contribution < -0.4 is 5.32 Å². The Morgan fingerprint density at radius 2 is 2.24 bits per heavy atom. The summed E-state index contributed by atoms with van der Waals surface area (Å²) in [6.07, 6.45) is 1.11. The van der Waals surface area contributed by atoms with E-state index in [0.717, 1.165) is 9.88 Å². The van der Waals surface area contributed by atoms with Crippen molar-refractivity contribution in [3.05, 3.63) is 28.1 Å². The molecule has 1 unspecified atom stereocenters. The molecular formula is C14H16N2O3S2. The van der Waals surface area contributed by atoms with Crippen molar-refractivity contribution in [2.24, 2.45) is 0 Å². The number of hydrogen-bond donors (Lipinski definition) is 2. The van der Waals surface area contributed by atoms with Crippen molar-refractivity contribution < 1.29 is 14.7 Å². The zero-order valence-corrected chi connectivity index (χ0v) is 13.4. The van der Waals surface area contributed by atoms with Gasteiger partial charge in [0, 0.05) is 0 Å². The van der Waals surface area contributed by atoms with Crippen LogP contribution >= 0.6 is 22.7 Å². The van der Waals surface area contributed by atoms with Gasteiger partial charge in [0.05, 0.1) is 10.6 Å². The second-order valence-corrected chi connectivity index (χ2v) is 6.51. The van der Waals surface area contributed by atoms with Gasteiger partial charge in [-0.3, -0.25) is 4.79 Å². The van der Waals surface area contributed by atoms with Gasteiger partial charge in [0.25, 0.3) is 5.91 Å². The number of aliphatic carboxylic acids is 1. The van der Waals surface area contributed by atoms with Crippen molar-refractivity contribution >= 4 is 34.6 Å². The highest BCUT2D eigenvalue weighted by atomic mass is 32.1. The first-order valence-electron chi connectivity index (χ1n) is 6.58. The van der Waals surface area contributed by atoms with Crippen LogP contribution in [0.3, 0.4) is 0 Å². The average molecular weight is 324 g/mol. The summed E-state index contributed by atoms with van der Waals surface area (Å²) in [6.45, 7) is 3.65. The maximum Gasteiger partial charge on any atom is 0.326 e. The van der Waals surface area contributed by atoms with Gasteiger partial charge in [-0.1, -0.05) is 19.4 Å². The summed E-state index contributed by atoms with van der Waals surface area (Å²) in [5, 5.41) is 14.4.